The lowest BCUT2D eigenvalue weighted by atomic mass is 9.81. The van der Waals surface area contributed by atoms with Crippen LogP contribution in [0.2, 0.25) is 0 Å². The van der Waals surface area contributed by atoms with Crippen molar-refractivity contribution in [1.29, 1.82) is 0 Å². The monoisotopic (exact) mass is 315 g/mol. The van der Waals surface area contributed by atoms with Crippen molar-refractivity contribution in [3.8, 4) is 0 Å². The predicted molar refractivity (Wildman–Crippen MR) is 66.2 cm³/mol. The van der Waals surface area contributed by atoms with Crippen molar-refractivity contribution in [3.63, 3.8) is 0 Å². The Labute approximate surface area is 120 Å². The van der Waals surface area contributed by atoms with E-state index in [2.05, 4.69) is 10.1 Å². The fraction of sp³-hybridized carbons (Fsp3) is 0.833. The van der Waals surface area contributed by atoms with Gasteiger partial charge in [0.2, 0.25) is 5.91 Å². The van der Waals surface area contributed by atoms with Crippen LogP contribution >= 0.6 is 11.6 Å². The van der Waals surface area contributed by atoms with Crippen LogP contribution in [-0.2, 0) is 14.3 Å². The van der Waals surface area contributed by atoms with Crippen LogP contribution in [0.25, 0.3) is 0 Å². The van der Waals surface area contributed by atoms with Crippen molar-refractivity contribution < 1.29 is 27.5 Å². The summed E-state index contributed by atoms with van der Waals surface area (Å²) in [7, 11) is 1.18. The van der Waals surface area contributed by atoms with Gasteiger partial charge in [-0.1, -0.05) is 0 Å². The molecule has 0 aromatic rings. The van der Waals surface area contributed by atoms with E-state index >= 15 is 0 Å². The summed E-state index contributed by atoms with van der Waals surface area (Å²) in [5.74, 6) is -2.79. The van der Waals surface area contributed by atoms with E-state index in [1.165, 1.54) is 7.11 Å². The van der Waals surface area contributed by atoms with Crippen molar-refractivity contribution in [2.45, 2.75) is 37.2 Å². The Balaban J connectivity index is 2.35. The molecule has 0 aromatic heterocycles. The number of amides is 1. The normalized spacial score (nSPS) is 24.9. The summed E-state index contributed by atoms with van der Waals surface area (Å²) in [5.41, 5.74) is 0. The highest BCUT2D eigenvalue weighted by atomic mass is 35.5. The minimum atomic E-state index is -4.19. The first kappa shape index (κ1) is 17.1. The summed E-state index contributed by atoms with van der Waals surface area (Å²) in [5, 5.41) is 1.48. The number of ether oxygens (including phenoxy) is 1. The average molecular weight is 316 g/mol. The second kappa shape index (κ2) is 7.15. The maximum absolute atomic E-state index is 12.5. The molecule has 0 saturated heterocycles. The molecule has 0 bridgehead atoms. The summed E-state index contributed by atoms with van der Waals surface area (Å²) in [6.45, 7) is -0.0910. The van der Waals surface area contributed by atoms with Gasteiger partial charge in [-0.25, -0.2) is 0 Å². The molecule has 4 nitrogen and oxygen atoms in total. The van der Waals surface area contributed by atoms with Crippen LogP contribution in [0.1, 0.15) is 25.7 Å². The van der Waals surface area contributed by atoms with E-state index in [4.69, 9.17) is 11.6 Å². The Morgan fingerprint density at radius 1 is 1.30 bits per heavy atom. The number of esters is 1. The van der Waals surface area contributed by atoms with Gasteiger partial charge in [-0.3, -0.25) is 9.59 Å². The molecule has 0 aromatic carbocycles. The van der Waals surface area contributed by atoms with E-state index in [1.807, 2.05) is 0 Å². The Bertz CT molecular complexity index is 354. The SMILES string of the molecule is COC(=O)C(Cl)CNC(=O)C1CCC(C(F)(F)F)CC1. The standard InChI is InChI=1S/C12H17ClF3NO3/c1-20-11(19)9(13)6-17-10(18)7-2-4-8(5-3-7)12(14,15)16/h7-9H,2-6H2,1H3,(H,17,18). The summed E-state index contributed by atoms with van der Waals surface area (Å²) in [6, 6.07) is 0. The first-order chi connectivity index (χ1) is 9.25. The Morgan fingerprint density at radius 2 is 1.85 bits per heavy atom. The summed E-state index contributed by atoms with van der Waals surface area (Å²) < 4.78 is 41.8. The molecule has 1 amide bonds. The topological polar surface area (TPSA) is 55.4 Å². The molecule has 1 N–H and O–H groups in total. The molecule has 1 aliphatic carbocycles. The largest absolute Gasteiger partial charge is 0.468 e. The Hall–Kier alpha value is -0.980. The summed E-state index contributed by atoms with van der Waals surface area (Å²) in [4.78, 5) is 22.8. The molecule has 20 heavy (non-hydrogen) atoms. The van der Waals surface area contributed by atoms with E-state index in [-0.39, 0.29) is 38.1 Å². The molecule has 1 saturated carbocycles. The second-order valence-corrected chi connectivity index (χ2v) is 5.35. The maximum atomic E-state index is 12.5. The first-order valence-corrected chi connectivity index (χ1v) is 6.75. The van der Waals surface area contributed by atoms with Crippen LogP contribution in [0.4, 0.5) is 13.2 Å². The van der Waals surface area contributed by atoms with Gasteiger partial charge in [-0.15, -0.1) is 11.6 Å². The van der Waals surface area contributed by atoms with Crippen molar-refractivity contribution in [2.24, 2.45) is 11.8 Å². The van der Waals surface area contributed by atoms with Crippen LogP contribution in [0.3, 0.4) is 0 Å². The van der Waals surface area contributed by atoms with Gasteiger partial charge in [0.1, 0.15) is 5.38 Å². The summed E-state index contributed by atoms with van der Waals surface area (Å²) >= 11 is 5.66. The highest BCUT2D eigenvalue weighted by molar-refractivity contribution is 6.30. The molecule has 8 heteroatoms. The molecular weight excluding hydrogens is 299 g/mol. The molecule has 1 fully saturated rings. The third-order valence-electron chi connectivity index (χ3n) is 3.47. The number of carbonyl (C=O) groups excluding carboxylic acids is 2. The zero-order valence-corrected chi connectivity index (χ0v) is 11.8. The van der Waals surface area contributed by atoms with E-state index in [1.54, 1.807) is 0 Å². The number of nitrogens with one attached hydrogen (secondary N) is 1. The number of methoxy groups -OCH3 is 1. The van der Waals surface area contributed by atoms with E-state index in [9.17, 15) is 22.8 Å². The fourth-order valence-electron chi connectivity index (χ4n) is 2.23. The van der Waals surface area contributed by atoms with Gasteiger partial charge in [0, 0.05) is 12.5 Å². The Morgan fingerprint density at radius 3 is 2.30 bits per heavy atom. The van der Waals surface area contributed by atoms with E-state index < -0.39 is 29.4 Å². The molecule has 1 aliphatic rings. The predicted octanol–water partition coefficient (Wildman–Crippen LogP) is 2.25. The molecule has 1 rings (SSSR count). The minimum Gasteiger partial charge on any atom is -0.468 e. The molecular formula is C12H17ClF3NO3. The maximum Gasteiger partial charge on any atom is 0.391 e. The lowest BCUT2D eigenvalue weighted by Crippen LogP contribution is -2.40. The lowest BCUT2D eigenvalue weighted by Gasteiger charge is -2.29. The zero-order chi connectivity index (χ0) is 15.3. The molecule has 0 aliphatic heterocycles. The van der Waals surface area contributed by atoms with Crippen LogP contribution in [0, 0.1) is 11.8 Å². The molecule has 1 atom stereocenters. The molecule has 0 spiro atoms. The zero-order valence-electron chi connectivity index (χ0n) is 11.0. The van der Waals surface area contributed by atoms with Crippen molar-refractivity contribution >= 4 is 23.5 Å². The van der Waals surface area contributed by atoms with Crippen LogP contribution in [-0.4, -0.2) is 37.1 Å². The van der Waals surface area contributed by atoms with Crippen LogP contribution in [0.5, 0.6) is 0 Å². The van der Waals surface area contributed by atoms with Gasteiger partial charge in [0.05, 0.1) is 13.0 Å². The van der Waals surface area contributed by atoms with Crippen LogP contribution in [0.15, 0.2) is 0 Å². The summed E-state index contributed by atoms with van der Waals surface area (Å²) in [6.07, 6.45) is -3.87. The molecule has 0 heterocycles. The van der Waals surface area contributed by atoms with E-state index in [0.717, 1.165) is 0 Å². The molecule has 116 valence electrons. The number of halogens is 4. The van der Waals surface area contributed by atoms with Crippen molar-refractivity contribution in [1.82, 2.24) is 5.32 Å². The molecule has 0 radical (unpaired) electrons. The molecule has 1 unspecified atom stereocenters. The van der Waals surface area contributed by atoms with Crippen molar-refractivity contribution in [2.75, 3.05) is 13.7 Å². The smallest absolute Gasteiger partial charge is 0.391 e. The minimum absolute atomic E-state index is 0.0388. The number of hydrogen-bond acceptors (Lipinski definition) is 3. The van der Waals surface area contributed by atoms with Crippen LogP contribution < -0.4 is 5.32 Å². The number of alkyl halides is 4. The van der Waals surface area contributed by atoms with Gasteiger partial charge >= 0.3 is 12.1 Å². The lowest BCUT2D eigenvalue weighted by molar-refractivity contribution is -0.184. The quantitative estimate of drug-likeness (QED) is 0.639. The highest BCUT2D eigenvalue weighted by Crippen LogP contribution is 2.39. The van der Waals surface area contributed by atoms with E-state index in [0.29, 0.717) is 0 Å². The number of rotatable bonds is 4. The highest BCUT2D eigenvalue weighted by Gasteiger charge is 2.42. The van der Waals surface area contributed by atoms with Gasteiger partial charge in [0.25, 0.3) is 0 Å². The van der Waals surface area contributed by atoms with Gasteiger partial charge in [0.15, 0.2) is 0 Å². The first-order valence-electron chi connectivity index (χ1n) is 6.32. The second-order valence-electron chi connectivity index (χ2n) is 4.83. The third kappa shape index (κ3) is 4.85. The van der Waals surface area contributed by atoms with Gasteiger partial charge in [-0.05, 0) is 25.7 Å². The fourth-order valence-corrected chi connectivity index (χ4v) is 2.39. The Kier molecular flexibility index (Phi) is 6.10. The van der Waals surface area contributed by atoms with Gasteiger partial charge in [-0.2, -0.15) is 13.2 Å². The third-order valence-corrected chi connectivity index (χ3v) is 3.81. The average Bonchev–Trinajstić information content (AvgIpc) is 2.42. The van der Waals surface area contributed by atoms with Gasteiger partial charge < -0.3 is 10.1 Å². The number of carbonyl (C=O) groups is 2. The van der Waals surface area contributed by atoms with Crippen molar-refractivity contribution in [3.05, 3.63) is 0 Å². The number of hydrogen-bond donors (Lipinski definition) is 1.